The van der Waals surface area contributed by atoms with Gasteiger partial charge in [0, 0.05) is 16.1 Å². The van der Waals surface area contributed by atoms with Crippen molar-refractivity contribution in [3.8, 4) is 10.4 Å². The Morgan fingerprint density at radius 2 is 2.14 bits per heavy atom. The van der Waals surface area contributed by atoms with Gasteiger partial charge in [0.1, 0.15) is 5.15 Å². The lowest BCUT2D eigenvalue weighted by Gasteiger charge is -2.12. The van der Waals surface area contributed by atoms with E-state index in [4.69, 9.17) is 11.6 Å². The number of halogens is 4. The zero-order valence-electron chi connectivity index (χ0n) is 10.8. The average molecular weight is 332 g/mol. The van der Waals surface area contributed by atoms with Crippen LogP contribution in [-0.2, 0) is 6.42 Å². The van der Waals surface area contributed by atoms with E-state index in [1.165, 1.54) is 22.8 Å². The first-order valence-electron chi connectivity index (χ1n) is 6.00. The second-order valence-electron chi connectivity index (χ2n) is 4.53. The zero-order chi connectivity index (χ0) is 15.2. The second kappa shape index (κ2) is 4.99. The number of aryl methyl sites for hydroxylation is 1. The molecule has 3 aromatic heterocycles. The lowest BCUT2D eigenvalue weighted by atomic mass is 10.1. The Kier molecular flexibility index (Phi) is 3.41. The molecule has 3 rings (SSSR count). The van der Waals surface area contributed by atoms with Crippen LogP contribution in [0, 0.1) is 6.92 Å². The summed E-state index contributed by atoms with van der Waals surface area (Å²) in [5.74, 6) is 0. The van der Waals surface area contributed by atoms with Crippen LogP contribution in [0.2, 0.25) is 5.15 Å². The van der Waals surface area contributed by atoms with Crippen molar-refractivity contribution >= 4 is 28.6 Å². The Morgan fingerprint density at radius 1 is 1.38 bits per heavy atom. The molecule has 0 saturated heterocycles. The predicted molar refractivity (Wildman–Crippen MR) is 75.8 cm³/mol. The van der Waals surface area contributed by atoms with Crippen LogP contribution in [0.15, 0.2) is 23.7 Å². The largest absolute Gasteiger partial charge is 0.393 e. The summed E-state index contributed by atoms with van der Waals surface area (Å²) in [6.07, 6.45) is -3.89. The van der Waals surface area contributed by atoms with Crippen LogP contribution in [0.4, 0.5) is 13.2 Å². The van der Waals surface area contributed by atoms with Crippen molar-refractivity contribution in [3.05, 3.63) is 40.1 Å². The summed E-state index contributed by atoms with van der Waals surface area (Å²) in [4.78, 5) is 5.20. The molecule has 0 saturated carbocycles. The van der Waals surface area contributed by atoms with E-state index in [1.807, 2.05) is 17.5 Å². The second-order valence-corrected chi connectivity index (χ2v) is 5.84. The predicted octanol–water partition coefficient (Wildman–Crippen LogP) is 4.52. The summed E-state index contributed by atoms with van der Waals surface area (Å²) >= 11 is 7.60. The van der Waals surface area contributed by atoms with Crippen LogP contribution in [0.5, 0.6) is 0 Å². The Bertz CT molecular complexity index is 793. The Balaban J connectivity index is 2.20. The van der Waals surface area contributed by atoms with Gasteiger partial charge in [-0.2, -0.15) is 18.3 Å². The highest BCUT2D eigenvalue weighted by Crippen LogP contribution is 2.32. The zero-order valence-corrected chi connectivity index (χ0v) is 12.4. The molecule has 0 N–H and O–H groups in total. The lowest BCUT2D eigenvalue weighted by molar-refractivity contribution is -0.127. The molecule has 3 nitrogen and oxygen atoms in total. The molecule has 0 radical (unpaired) electrons. The molecule has 0 fully saturated rings. The number of hydrogen-bond donors (Lipinski definition) is 0. The number of rotatable bonds is 2. The minimum Gasteiger partial charge on any atom is -0.233 e. The van der Waals surface area contributed by atoms with Crippen molar-refractivity contribution in [1.82, 2.24) is 14.6 Å². The maximum atomic E-state index is 12.6. The Labute approximate surface area is 127 Å². The Hall–Kier alpha value is -1.60. The lowest BCUT2D eigenvalue weighted by Crippen LogP contribution is -2.15. The van der Waals surface area contributed by atoms with Gasteiger partial charge < -0.3 is 0 Å². The van der Waals surface area contributed by atoms with E-state index in [0.29, 0.717) is 5.65 Å². The SMILES string of the molecule is Cc1nc2c(-c3cccs3)cnn2c(Cl)c1CC(F)(F)F. The molecule has 3 aromatic rings. The van der Waals surface area contributed by atoms with Crippen molar-refractivity contribution in [2.24, 2.45) is 0 Å². The number of nitrogens with zero attached hydrogens (tertiary/aromatic N) is 3. The molecule has 0 aliphatic rings. The quantitative estimate of drug-likeness (QED) is 0.646. The van der Waals surface area contributed by atoms with Gasteiger partial charge in [0.15, 0.2) is 5.65 Å². The minimum absolute atomic E-state index is 0.0439. The summed E-state index contributed by atoms with van der Waals surface area (Å²) in [6.45, 7) is 1.53. The van der Waals surface area contributed by atoms with Crippen molar-refractivity contribution in [3.63, 3.8) is 0 Å². The molecule has 0 amide bonds. The molecule has 0 aliphatic carbocycles. The molecule has 0 aromatic carbocycles. The van der Waals surface area contributed by atoms with E-state index in [1.54, 1.807) is 6.20 Å². The van der Waals surface area contributed by atoms with E-state index in [2.05, 4.69) is 10.1 Å². The summed E-state index contributed by atoms with van der Waals surface area (Å²) in [5, 5.41) is 5.93. The Morgan fingerprint density at radius 3 is 2.76 bits per heavy atom. The molecular weight excluding hydrogens is 323 g/mol. The highest BCUT2D eigenvalue weighted by atomic mass is 35.5. The standard InChI is InChI=1S/C13H9ClF3N3S/c1-7-8(5-13(15,16)17)11(14)20-12(19-7)9(6-18-20)10-3-2-4-21-10/h2-4,6H,5H2,1H3. The molecule has 110 valence electrons. The van der Waals surface area contributed by atoms with Gasteiger partial charge in [0.2, 0.25) is 0 Å². The number of thiophene rings is 1. The van der Waals surface area contributed by atoms with Gasteiger partial charge in [0.05, 0.1) is 18.2 Å². The topological polar surface area (TPSA) is 30.2 Å². The molecule has 0 aliphatic heterocycles. The molecule has 0 unspecified atom stereocenters. The van der Waals surface area contributed by atoms with E-state index in [9.17, 15) is 13.2 Å². The fourth-order valence-corrected chi connectivity index (χ4v) is 3.16. The smallest absolute Gasteiger partial charge is 0.233 e. The molecule has 0 spiro atoms. The van der Waals surface area contributed by atoms with E-state index < -0.39 is 12.6 Å². The minimum atomic E-state index is -4.34. The summed E-state index contributed by atoms with van der Waals surface area (Å²) in [5.41, 5.74) is 1.44. The van der Waals surface area contributed by atoms with Crippen molar-refractivity contribution < 1.29 is 13.2 Å². The van der Waals surface area contributed by atoms with Crippen LogP contribution < -0.4 is 0 Å². The molecule has 21 heavy (non-hydrogen) atoms. The van der Waals surface area contributed by atoms with Crippen LogP contribution in [-0.4, -0.2) is 20.8 Å². The first kappa shape index (κ1) is 14.3. The van der Waals surface area contributed by atoms with Gasteiger partial charge in [-0.3, -0.25) is 0 Å². The van der Waals surface area contributed by atoms with Gasteiger partial charge in [-0.25, -0.2) is 9.50 Å². The molecule has 3 heterocycles. The number of hydrogen-bond acceptors (Lipinski definition) is 3. The van der Waals surface area contributed by atoms with E-state index >= 15 is 0 Å². The highest BCUT2D eigenvalue weighted by molar-refractivity contribution is 7.13. The summed E-state index contributed by atoms with van der Waals surface area (Å²) in [6, 6.07) is 3.78. The molecule has 0 atom stereocenters. The van der Waals surface area contributed by atoms with E-state index in [-0.39, 0.29) is 16.4 Å². The van der Waals surface area contributed by atoms with Gasteiger partial charge in [-0.1, -0.05) is 17.7 Å². The van der Waals surface area contributed by atoms with Gasteiger partial charge in [0.25, 0.3) is 0 Å². The number of aromatic nitrogens is 3. The maximum absolute atomic E-state index is 12.6. The molecule has 8 heteroatoms. The third kappa shape index (κ3) is 2.63. The normalized spacial score (nSPS) is 12.2. The van der Waals surface area contributed by atoms with Crippen LogP contribution in [0.25, 0.3) is 16.1 Å². The first-order valence-corrected chi connectivity index (χ1v) is 7.26. The van der Waals surface area contributed by atoms with Crippen molar-refractivity contribution in [2.45, 2.75) is 19.5 Å². The van der Waals surface area contributed by atoms with E-state index in [0.717, 1.165) is 10.4 Å². The fourth-order valence-electron chi connectivity index (χ4n) is 2.10. The number of alkyl halides is 3. The third-order valence-corrected chi connectivity index (χ3v) is 4.34. The van der Waals surface area contributed by atoms with Crippen LogP contribution in [0.1, 0.15) is 11.3 Å². The van der Waals surface area contributed by atoms with Gasteiger partial charge in [-0.05, 0) is 18.4 Å². The van der Waals surface area contributed by atoms with Gasteiger partial charge >= 0.3 is 6.18 Å². The van der Waals surface area contributed by atoms with Crippen LogP contribution in [0.3, 0.4) is 0 Å². The molecular formula is C13H9ClF3N3S. The summed E-state index contributed by atoms with van der Waals surface area (Å²) in [7, 11) is 0. The van der Waals surface area contributed by atoms with Crippen molar-refractivity contribution in [2.75, 3.05) is 0 Å². The maximum Gasteiger partial charge on any atom is 0.393 e. The first-order chi connectivity index (χ1) is 9.87. The highest BCUT2D eigenvalue weighted by Gasteiger charge is 2.31. The monoisotopic (exact) mass is 331 g/mol. The van der Waals surface area contributed by atoms with Crippen LogP contribution >= 0.6 is 22.9 Å². The summed E-state index contributed by atoms with van der Waals surface area (Å²) < 4.78 is 39.1. The third-order valence-electron chi connectivity index (χ3n) is 3.05. The average Bonchev–Trinajstić information content (AvgIpc) is 3.01. The van der Waals surface area contributed by atoms with Crippen molar-refractivity contribution in [1.29, 1.82) is 0 Å². The number of fused-ring (bicyclic) bond motifs is 1. The fraction of sp³-hybridized carbons (Fsp3) is 0.231. The van der Waals surface area contributed by atoms with Gasteiger partial charge in [-0.15, -0.1) is 11.3 Å². The molecule has 0 bridgehead atoms.